The molecule has 66 valence electrons. The highest BCUT2D eigenvalue weighted by Gasteiger charge is 2.13. The van der Waals surface area contributed by atoms with Crippen LogP contribution < -0.4 is 0 Å². The Bertz CT molecular complexity index is 250. The number of rotatable bonds is 2. The van der Waals surface area contributed by atoms with E-state index in [1.54, 1.807) is 18.5 Å². The van der Waals surface area contributed by atoms with Crippen LogP contribution in [0.15, 0.2) is 18.3 Å². The van der Waals surface area contributed by atoms with Gasteiger partial charge in [0.1, 0.15) is 10.4 Å². The first-order chi connectivity index (χ1) is 5.61. The second-order valence-electron chi connectivity index (χ2n) is 2.56. The average molecular weight is 204 g/mol. The number of hydrogen-bond donors (Lipinski definition) is 0. The molecule has 0 saturated heterocycles. The van der Waals surface area contributed by atoms with E-state index in [1.807, 2.05) is 13.0 Å². The van der Waals surface area contributed by atoms with Crippen LogP contribution >= 0.6 is 11.6 Å². The van der Waals surface area contributed by atoms with Crippen molar-refractivity contribution in [1.82, 2.24) is 4.98 Å². The molecule has 0 spiro atoms. The normalized spacial score (nSPS) is 15.7. The van der Waals surface area contributed by atoms with Crippen LogP contribution in [0.3, 0.4) is 0 Å². The highest BCUT2D eigenvalue weighted by atomic mass is 35.5. The van der Waals surface area contributed by atoms with Gasteiger partial charge in [-0.3, -0.25) is 0 Å². The zero-order chi connectivity index (χ0) is 9.14. The predicted octanol–water partition coefficient (Wildman–Crippen LogP) is 2.17. The molecule has 1 unspecified atom stereocenters. The molecule has 0 aliphatic heterocycles. The summed E-state index contributed by atoms with van der Waals surface area (Å²) in [6.45, 7) is 1.90. The van der Waals surface area contributed by atoms with Gasteiger partial charge in [0.15, 0.2) is 0 Å². The summed E-state index contributed by atoms with van der Waals surface area (Å²) in [5.74, 6) is 0. The van der Waals surface area contributed by atoms with Crippen molar-refractivity contribution in [3.05, 3.63) is 29.0 Å². The van der Waals surface area contributed by atoms with E-state index in [9.17, 15) is 4.55 Å². The van der Waals surface area contributed by atoms with Crippen molar-refractivity contribution in [1.29, 1.82) is 0 Å². The van der Waals surface area contributed by atoms with Gasteiger partial charge in [0.2, 0.25) is 0 Å². The molecule has 0 bridgehead atoms. The summed E-state index contributed by atoms with van der Waals surface area (Å²) >= 11 is 4.76. The summed E-state index contributed by atoms with van der Waals surface area (Å²) in [5.41, 5.74) is 0.959. The molecule has 12 heavy (non-hydrogen) atoms. The Balaban J connectivity index is 2.82. The van der Waals surface area contributed by atoms with Gasteiger partial charge < -0.3 is 4.55 Å². The van der Waals surface area contributed by atoms with E-state index < -0.39 is 11.2 Å². The van der Waals surface area contributed by atoms with Crippen molar-refractivity contribution < 1.29 is 4.55 Å². The molecule has 0 fully saturated rings. The van der Waals surface area contributed by atoms with Crippen molar-refractivity contribution in [3.8, 4) is 0 Å². The quantitative estimate of drug-likeness (QED) is 0.546. The Morgan fingerprint density at radius 2 is 2.25 bits per heavy atom. The maximum atomic E-state index is 11.1. The third kappa shape index (κ3) is 2.37. The number of halogens is 1. The molecule has 1 heterocycles. The fourth-order valence-electron chi connectivity index (χ4n) is 0.819. The molecule has 0 N–H and O–H groups in total. The Labute approximate surface area is 80.1 Å². The van der Waals surface area contributed by atoms with Crippen LogP contribution in [0.1, 0.15) is 17.7 Å². The summed E-state index contributed by atoms with van der Waals surface area (Å²) in [5, 5.41) is 0.489. The highest BCUT2D eigenvalue weighted by Crippen LogP contribution is 2.20. The van der Waals surface area contributed by atoms with Crippen molar-refractivity contribution in [3.63, 3.8) is 0 Å². The van der Waals surface area contributed by atoms with Crippen LogP contribution in [0.5, 0.6) is 0 Å². The van der Waals surface area contributed by atoms with Crippen LogP contribution in [-0.4, -0.2) is 15.8 Å². The smallest absolute Gasteiger partial charge is 0.139 e. The van der Waals surface area contributed by atoms with Crippen molar-refractivity contribution in [2.24, 2.45) is 0 Å². The topological polar surface area (TPSA) is 36.0 Å². The zero-order valence-electron chi connectivity index (χ0n) is 6.95. The zero-order valence-corrected chi connectivity index (χ0v) is 8.52. The van der Waals surface area contributed by atoms with Crippen LogP contribution in [0.2, 0.25) is 5.15 Å². The lowest BCUT2D eigenvalue weighted by Crippen LogP contribution is -2.07. The fraction of sp³-hybridized carbons (Fsp3) is 0.375. The second-order valence-corrected chi connectivity index (χ2v) is 4.65. The van der Waals surface area contributed by atoms with Gasteiger partial charge in [-0.15, -0.1) is 0 Å². The SMILES string of the molecule is C[C@H](c1ccc(Cl)nc1)[S+](C)[O-]. The first-order valence-corrected chi connectivity index (χ1v) is 5.55. The lowest BCUT2D eigenvalue weighted by molar-refractivity contribution is 0.591. The van der Waals surface area contributed by atoms with Crippen LogP contribution in [-0.2, 0) is 11.2 Å². The van der Waals surface area contributed by atoms with Crippen LogP contribution in [0, 0.1) is 0 Å². The molecule has 1 rings (SSSR count). The molecule has 0 aliphatic carbocycles. The first kappa shape index (κ1) is 9.84. The summed E-state index contributed by atoms with van der Waals surface area (Å²) in [6, 6.07) is 3.56. The number of hydrogen-bond acceptors (Lipinski definition) is 2. The summed E-state index contributed by atoms with van der Waals surface area (Å²) < 4.78 is 11.1. The molecule has 0 saturated carbocycles. The third-order valence-electron chi connectivity index (χ3n) is 1.72. The summed E-state index contributed by atoms with van der Waals surface area (Å²) in [6.07, 6.45) is 3.34. The van der Waals surface area contributed by atoms with Crippen molar-refractivity contribution in [2.45, 2.75) is 12.2 Å². The van der Waals surface area contributed by atoms with E-state index in [2.05, 4.69) is 4.98 Å². The highest BCUT2D eigenvalue weighted by molar-refractivity contribution is 7.90. The molecule has 0 aromatic carbocycles. The van der Waals surface area contributed by atoms with Crippen molar-refractivity contribution in [2.75, 3.05) is 6.26 Å². The largest absolute Gasteiger partial charge is 0.616 e. The van der Waals surface area contributed by atoms with Gasteiger partial charge >= 0.3 is 0 Å². The van der Waals surface area contributed by atoms with E-state index >= 15 is 0 Å². The van der Waals surface area contributed by atoms with E-state index in [0.717, 1.165) is 5.56 Å². The summed E-state index contributed by atoms with van der Waals surface area (Å²) in [7, 11) is 0. The minimum atomic E-state index is -0.851. The Kier molecular flexibility index (Phi) is 3.38. The molecule has 1 aromatic rings. The van der Waals surface area contributed by atoms with Gasteiger partial charge in [0.25, 0.3) is 0 Å². The van der Waals surface area contributed by atoms with Crippen molar-refractivity contribution >= 4 is 22.8 Å². The molecular weight excluding hydrogens is 194 g/mol. The lowest BCUT2D eigenvalue weighted by atomic mass is 10.2. The van der Waals surface area contributed by atoms with Gasteiger partial charge in [-0.1, -0.05) is 11.6 Å². The molecule has 0 aliphatic rings. The molecule has 2 atom stereocenters. The Morgan fingerprint density at radius 1 is 1.58 bits per heavy atom. The Morgan fingerprint density at radius 3 is 2.67 bits per heavy atom. The molecule has 0 radical (unpaired) electrons. The molecule has 1 aromatic heterocycles. The first-order valence-electron chi connectivity index (χ1n) is 3.55. The average Bonchev–Trinajstić information content (AvgIpc) is 2.04. The van der Waals surface area contributed by atoms with Crippen LogP contribution in [0.4, 0.5) is 0 Å². The van der Waals surface area contributed by atoms with E-state index in [0.29, 0.717) is 5.15 Å². The third-order valence-corrected chi connectivity index (χ3v) is 3.21. The lowest BCUT2D eigenvalue weighted by Gasteiger charge is -2.13. The molecule has 4 heteroatoms. The van der Waals surface area contributed by atoms with Gasteiger partial charge in [-0.25, -0.2) is 4.98 Å². The van der Waals surface area contributed by atoms with Gasteiger partial charge in [0.05, 0.1) is 6.26 Å². The van der Waals surface area contributed by atoms with E-state index in [4.69, 9.17) is 11.6 Å². The molecular formula is C8H10ClNOS. The summed E-state index contributed by atoms with van der Waals surface area (Å²) in [4.78, 5) is 3.91. The fourth-order valence-corrected chi connectivity index (χ4v) is 1.45. The maximum Gasteiger partial charge on any atom is 0.139 e. The van der Waals surface area contributed by atoms with Gasteiger partial charge in [-0.05, 0) is 30.2 Å². The van der Waals surface area contributed by atoms with E-state index in [1.165, 1.54) is 0 Å². The second kappa shape index (κ2) is 4.12. The number of nitrogens with zero attached hydrogens (tertiary/aromatic N) is 1. The maximum absolute atomic E-state index is 11.1. The van der Waals surface area contributed by atoms with Crippen LogP contribution in [0.25, 0.3) is 0 Å². The monoisotopic (exact) mass is 203 g/mol. The van der Waals surface area contributed by atoms with E-state index in [-0.39, 0.29) is 5.25 Å². The number of pyridine rings is 1. The minimum Gasteiger partial charge on any atom is -0.616 e. The molecule has 2 nitrogen and oxygen atoms in total. The van der Waals surface area contributed by atoms with Gasteiger partial charge in [-0.2, -0.15) is 0 Å². The minimum absolute atomic E-state index is 0.0229. The van der Waals surface area contributed by atoms with Gasteiger partial charge in [0, 0.05) is 11.8 Å². The Hall–Kier alpha value is -0.250. The standard InChI is InChI=1S/C8H10ClNOS/c1-6(12(2)11)7-3-4-8(9)10-5-7/h3-6H,1-2H3/t6-,12?/m1/s1. The number of aromatic nitrogens is 1. The molecule has 0 amide bonds. The predicted molar refractivity (Wildman–Crippen MR) is 51.7 cm³/mol.